The Hall–Kier alpha value is -1.45. The van der Waals surface area contributed by atoms with Crippen molar-refractivity contribution in [2.45, 2.75) is 6.04 Å². The lowest BCUT2D eigenvalue weighted by Gasteiger charge is -2.04. The lowest BCUT2D eigenvalue weighted by atomic mass is 10.1. The molecule has 1 radical (unpaired) electrons. The molecule has 0 bridgehead atoms. The Balaban J connectivity index is 2.40. The molecular weight excluding hydrogens is 130 g/mol. The molecule has 2 aliphatic rings. The van der Waals surface area contributed by atoms with Gasteiger partial charge in [-0.25, -0.2) is 0 Å². The highest BCUT2D eigenvalue weighted by molar-refractivity contribution is 5.98. The largest absolute Gasteiger partial charge is 0.292 e. The van der Waals surface area contributed by atoms with Crippen molar-refractivity contribution in [1.82, 2.24) is 5.43 Å². The summed E-state index contributed by atoms with van der Waals surface area (Å²) in [5.41, 5.74) is 4.27. The molecule has 2 rings (SSSR count). The highest BCUT2D eigenvalue weighted by Gasteiger charge is 2.28. The van der Waals surface area contributed by atoms with Crippen LogP contribution >= 0.6 is 0 Å². The standard InChI is InChI=1S/C6H4N3O/c10-5-3-1-2-4-6(5)8-9-7-4/h1-3,6H. The van der Waals surface area contributed by atoms with Crippen LogP contribution in [0.2, 0.25) is 0 Å². The summed E-state index contributed by atoms with van der Waals surface area (Å²) >= 11 is 0. The van der Waals surface area contributed by atoms with Crippen molar-refractivity contribution in [3.63, 3.8) is 0 Å². The third-order valence-electron chi connectivity index (χ3n) is 1.40. The second-order valence-electron chi connectivity index (χ2n) is 2.06. The predicted molar refractivity (Wildman–Crippen MR) is 33.0 cm³/mol. The van der Waals surface area contributed by atoms with E-state index in [-0.39, 0.29) is 5.78 Å². The average Bonchev–Trinajstić information content (AvgIpc) is 2.36. The molecule has 4 heteroatoms. The monoisotopic (exact) mass is 134 g/mol. The Morgan fingerprint density at radius 3 is 3.20 bits per heavy atom. The van der Waals surface area contributed by atoms with Crippen molar-refractivity contribution in [2.75, 3.05) is 0 Å². The van der Waals surface area contributed by atoms with Crippen LogP contribution in [0.1, 0.15) is 0 Å². The molecule has 0 aromatic carbocycles. The Bertz CT molecular complexity index is 264. The molecule has 0 fully saturated rings. The number of rotatable bonds is 0. The first kappa shape index (κ1) is 5.34. The third-order valence-corrected chi connectivity index (χ3v) is 1.40. The summed E-state index contributed by atoms with van der Waals surface area (Å²) in [4.78, 5) is 10.9. The van der Waals surface area contributed by atoms with Crippen molar-refractivity contribution >= 4 is 5.78 Å². The molecule has 1 atom stereocenters. The maximum atomic E-state index is 10.9. The molecule has 0 amide bonds. The molecule has 0 aromatic heterocycles. The van der Waals surface area contributed by atoms with Crippen molar-refractivity contribution < 1.29 is 4.79 Å². The molecule has 0 saturated heterocycles. The molecule has 0 aromatic rings. The molecule has 0 N–H and O–H groups in total. The van der Waals surface area contributed by atoms with Gasteiger partial charge in [0, 0.05) is 0 Å². The Morgan fingerprint density at radius 1 is 1.50 bits per heavy atom. The predicted octanol–water partition coefficient (Wildman–Crippen LogP) is 0.363. The van der Waals surface area contributed by atoms with Gasteiger partial charge in [0.05, 0.1) is 5.70 Å². The topological polar surface area (TPSA) is 55.9 Å². The summed E-state index contributed by atoms with van der Waals surface area (Å²) in [6, 6.07) is -0.440. The number of nitrogens with zero attached hydrogens (tertiary/aromatic N) is 3. The van der Waals surface area contributed by atoms with Gasteiger partial charge >= 0.3 is 0 Å². The van der Waals surface area contributed by atoms with Gasteiger partial charge in [0.1, 0.15) is 0 Å². The number of carbonyl (C=O) groups is 1. The number of hydrogen-bond donors (Lipinski definition) is 0. The molecule has 1 aliphatic carbocycles. The molecule has 0 spiro atoms. The van der Waals surface area contributed by atoms with Crippen LogP contribution in [0.15, 0.2) is 34.3 Å². The maximum Gasteiger partial charge on any atom is 0.188 e. The van der Waals surface area contributed by atoms with E-state index in [9.17, 15) is 4.79 Å². The Morgan fingerprint density at radius 2 is 2.40 bits per heavy atom. The molecule has 4 nitrogen and oxygen atoms in total. The summed E-state index contributed by atoms with van der Waals surface area (Å²) in [5.74, 6) is -0.0394. The van der Waals surface area contributed by atoms with Gasteiger partial charge in [0.2, 0.25) is 0 Å². The van der Waals surface area contributed by atoms with Crippen LogP contribution in [0, 0.1) is 0 Å². The van der Waals surface area contributed by atoms with Gasteiger partial charge in [-0.15, -0.1) is 5.11 Å². The van der Waals surface area contributed by atoms with Crippen molar-refractivity contribution in [1.29, 1.82) is 0 Å². The van der Waals surface area contributed by atoms with Gasteiger partial charge in [0.25, 0.3) is 0 Å². The van der Waals surface area contributed by atoms with E-state index in [0.29, 0.717) is 5.70 Å². The highest BCUT2D eigenvalue weighted by atomic mass is 16.1. The van der Waals surface area contributed by atoms with Gasteiger partial charge in [-0.05, 0) is 17.4 Å². The van der Waals surface area contributed by atoms with Gasteiger partial charge in [0.15, 0.2) is 11.8 Å². The molecule has 10 heavy (non-hydrogen) atoms. The van der Waals surface area contributed by atoms with Crippen LogP contribution in [0.25, 0.3) is 0 Å². The summed E-state index contributed by atoms with van der Waals surface area (Å²) in [5, 5.41) is 7.05. The third kappa shape index (κ3) is 0.586. The van der Waals surface area contributed by atoms with Crippen LogP contribution in [0.5, 0.6) is 0 Å². The normalized spacial score (nSPS) is 27.8. The lowest BCUT2D eigenvalue weighted by molar-refractivity contribution is -0.115. The molecule has 0 saturated carbocycles. The molecule has 1 aliphatic heterocycles. The van der Waals surface area contributed by atoms with Crippen LogP contribution in [0.3, 0.4) is 0 Å². The maximum absolute atomic E-state index is 10.9. The van der Waals surface area contributed by atoms with Gasteiger partial charge in [-0.1, -0.05) is 6.08 Å². The van der Waals surface area contributed by atoms with E-state index in [2.05, 4.69) is 15.8 Å². The molecule has 1 heterocycles. The first-order valence-corrected chi connectivity index (χ1v) is 2.91. The van der Waals surface area contributed by atoms with Gasteiger partial charge < -0.3 is 0 Å². The van der Waals surface area contributed by atoms with Gasteiger partial charge in [-0.3, -0.25) is 4.79 Å². The van der Waals surface area contributed by atoms with Crippen LogP contribution in [0.4, 0.5) is 0 Å². The van der Waals surface area contributed by atoms with Crippen LogP contribution < -0.4 is 5.43 Å². The van der Waals surface area contributed by atoms with E-state index in [1.54, 1.807) is 12.2 Å². The number of carbonyl (C=O) groups excluding carboxylic acids is 1. The first-order chi connectivity index (χ1) is 4.88. The highest BCUT2D eigenvalue weighted by Crippen LogP contribution is 2.17. The smallest absolute Gasteiger partial charge is 0.188 e. The minimum absolute atomic E-state index is 0.0394. The van der Waals surface area contributed by atoms with Crippen molar-refractivity contribution in [2.24, 2.45) is 10.3 Å². The SMILES string of the molecule is O=C1C=CC=C2N=N[N]C12. The van der Waals surface area contributed by atoms with Crippen molar-refractivity contribution in [3.8, 4) is 0 Å². The van der Waals surface area contributed by atoms with E-state index in [4.69, 9.17) is 0 Å². The molecule has 49 valence electrons. The second-order valence-corrected chi connectivity index (χ2v) is 2.06. The zero-order valence-corrected chi connectivity index (χ0v) is 5.06. The summed E-state index contributed by atoms with van der Waals surface area (Å²) < 4.78 is 0. The minimum Gasteiger partial charge on any atom is -0.292 e. The zero-order valence-electron chi connectivity index (χ0n) is 5.06. The second kappa shape index (κ2) is 1.76. The molecule has 1 unspecified atom stereocenters. The quantitative estimate of drug-likeness (QED) is 0.472. The molecular formula is C6H4N3O. The average molecular weight is 134 g/mol. The summed E-state index contributed by atoms with van der Waals surface area (Å²) in [6.45, 7) is 0. The Labute approximate surface area is 57.3 Å². The number of hydrogen-bond acceptors (Lipinski definition) is 3. The van der Waals surface area contributed by atoms with Crippen molar-refractivity contribution in [3.05, 3.63) is 23.9 Å². The summed E-state index contributed by atoms with van der Waals surface area (Å²) in [6.07, 6.45) is 4.88. The fourth-order valence-electron chi connectivity index (χ4n) is 0.903. The number of fused-ring (bicyclic) bond motifs is 1. The zero-order chi connectivity index (χ0) is 6.97. The van der Waals surface area contributed by atoms with Crippen LogP contribution in [-0.2, 0) is 4.79 Å². The van der Waals surface area contributed by atoms with E-state index < -0.39 is 6.04 Å². The lowest BCUT2D eigenvalue weighted by Crippen LogP contribution is -2.26. The first-order valence-electron chi connectivity index (χ1n) is 2.91. The van der Waals surface area contributed by atoms with Crippen LogP contribution in [-0.4, -0.2) is 11.8 Å². The number of allylic oxidation sites excluding steroid dienone is 2. The minimum atomic E-state index is -0.440. The van der Waals surface area contributed by atoms with E-state index >= 15 is 0 Å². The Kier molecular flexibility index (Phi) is 0.943. The fraction of sp³-hybridized carbons (Fsp3) is 0.167. The van der Waals surface area contributed by atoms with E-state index in [1.165, 1.54) is 6.08 Å². The summed E-state index contributed by atoms with van der Waals surface area (Å²) in [7, 11) is 0. The van der Waals surface area contributed by atoms with Gasteiger partial charge in [-0.2, -0.15) is 5.43 Å². The van der Waals surface area contributed by atoms with E-state index in [0.717, 1.165) is 0 Å². The fourth-order valence-corrected chi connectivity index (χ4v) is 0.903. The van der Waals surface area contributed by atoms with E-state index in [1.807, 2.05) is 0 Å². The number of ketones is 1.